The van der Waals surface area contributed by atoms with Gasteiger partial charge in [-0.3, -0.25) is 0 Å². The van der Waals surface area contributed by atoms with E-state index in [4.69, 9.17) is 60.1 Å². The summed E-state index contributed by atoms with van der Waals surface area (Å²) in [6.07, 6.45) is 0. The molecule has 20 aromatic carbocycles. The molecule has 20 aromatic rings. The minimum absolute atomic E-state index is 0.00905. The maximum atomic E-state index is 12.0. The Balaban J connectivity index is 1.03. The van der Waals surface area contributed by atoms with Crippen molar-refractivity contribution in [3.8, 4) is 92.0 Å². The van der Waals surface area contributed by atoms with Crippen LogP contribution in [0.4, 0.5) is 0 Å². The molecule has 0 aliphatic carbocycles. The number of nitrogens with one attached hydrogen (secondary N) is 1. The monoisotopic (exact) mass is 1850 g/mol. The molecule has 1 heterocycles. The molecule has 4 unspecified atom stereocenters. The number of benzene rings is 20. The standard InChI is InChI=1S/C104H78N6O16P6/c111-81-57-65-85(66-58-81)122-131(123-86-67-59-82(112)60-68-86)106-127-105-128(119-101-53-21-37-77-29-5-13-45-93(77)101)107(115-97-49-17-33-73-25-1-9-41-89(73)97)129(120-102-54-22-38-78-30-6-14-46-94(78)102)108(116-98-50-18-34-74-26-2-10-42-90(74)98)130(121-103-55-23-39-79-31-7-15-47-95(79)103)109(117-99-51-19-35-75-27-3-11-43-91(75)99)132(124-87-69-61-83(113)62-70-87,125-88-71-63-84(114)64-72-88,126-104-56-24-40-80-32-8-16-48-96(80)104)110(131)118-100-52-20-36-76-28-4-12-44-92(76)100/h1-72,105,111-114,127H. The van der Waals surface area contributed by atoms with Gasteiger partial charge in [-0.05, 0) is 0 Å². The molecule has 0 bridgehead atoms. The number of hydrogen-bond donors (Lipinski definition) is 5. The zero-order valence-electron chi connectivity index (χ0n) is 69.7. The van der Waals surface area contributed by atoms with E-state index in [1.54, 1.807) is 27.4 Å². The van der Waals surface area contributed by atoms with Gasteiger partial charge in [0.1, 0.15) is 0 Å². The molecule has 0 radical (unpaired) electrons. The first-order chi connectivity index (χ1) is 64.9. The van der Waals surface area contributed by atoms with Gasteiger partial charge >= 0.3 is 768 Å². The third kappa shape index (κ3) is 17.0. The number of phenols is 4. The van der Waals surface area contributed by atoms with Crippen molar-refractivity contribution in [1.29, 1.82) is 0 Å². The van der Waals surface area contributed by atoms with Crippen molar-refractivity contribution >= 4 is 136 Å². The summed E-state index contributed by atoms with van der Waals surface area (Å²) in [5, 5.41) is 57.7. The van der Waals surface area contributed by atoms with E-state index in [0.29, 0.717) is 81.9 Å². The Hall–Kier alpha value is -14.5. The van der Waals surface area contributed by atoms with Gasteiger partial charge in [-0.15, -0.1) is 0 Å². The second-order valence-corrected chi connectivity index (χ2v) is 42.0. The van der Waals surface area contributed by atoms with Gasteiger partial charge < -0.3 is 0 Å². The molecule has 4 atom stereocenters. The summed E-state index contributed by atoms with van der Waals surface area (Å²) in [5.41, 5.74) is 0. The molecule has 132 heavy (non-hydrogen) atoms. The van der Waals surface area contributed by atoms with Gasteiger partial charge in [0.2, 0.25) is 0 Å². The molecular weight excluding hydrogens is 1780 g/mol. The summed E-state index contributed by atoms with van der Waals surface area (Å²) in [6, 6.07) is 131. The number of rotatable bonds is 24. The Labute approximate surface area is 763 Å². The molecule has 0 saturated heterocycles. The van der Waals surface area contributed by atoms with E-state index in [-0.39, 0.29) is 74.7 Å². The number of hydrogen-bond acceptors (Lipinski definition) is 22. The summed E-state index contributed by atoms with van der Waals surface area (Å²) in [6.45, 7) is 0. The first-order valence-corrected chi connectivity index (χ1v) is 49.8. The van der Waals surface area contributed by atoms with E-state index in [0.717, 1.165) is 21.5 Å². The molecule has 0 spiro atoms. The van der Waals surface area contributed by atoms with Crippen LogP contribution in [-0.2, 0) is 0 Å². The van der Waals surface area contributed by atoms with E-state index in [9.17, 15) is 20.4 Å². The van der Waals surface area contributed by atoms with E-state index in [1.165, 1.54) is 106 Å². The summed E-state index contributed by atoms with van der Waals surface area (Å²) in [5.74, 6) is 0.407. The first kappa shape index (κ1) is 84.3. The van der Waals surface area contributed by atoms with Crippen LogP contribution >= 0.6 is 49.5 Å². The van der Waals surface area contributed by atoms with Gasteiger partial charge in [-0.2, -0.15) is 0 Å². The van der Waals surface area contributed by atoms with Crippen molar-refractivity contribution in [2.45, 2.75) is 0 Å². The van der Waals surface area contributed by atoms with Crippen LogP contribution in [-0.4, -0.2) is 38.8 Å². The molecule has 0 amide bonds. The topological polar surface area (TPSA) is 229 Å². The molecule has 0 fully saturated rings. The number of aromatic hydroxyl groups is 4. The zero-order valence-corrected chi connectivity index (χ0v) is 75.2. The van der Waals surface area contributed by atoms with Gasteiger partial charge in [0.15, 0.2) is 0 Å². The number of nitrogens with zero attached hydrogens (tertiary/aromatic N) is 5. The van der Waals surface area contributed by atoms with Crippen LogP contribution in [0.25, 0.3) is 86.2 Å². The van der Waals surface area contributed by atoms with Crippen molar-refractivity contribution < 1.29 is 76.0 Å². The van der Waals surface area contributed by atoms with Crippen LogP contribution in [0.3, 0.4) is 0 Å². The summed E-state index contributed by atoms with van der Waals surface area (Å²) >= 11 is 0. The fourth-order valence-electron chi connectivity index (χ4n) is 15.5. The second-order valence-electron chi connectivity index (χ2n) is 30.3. The van der Waals surface area contributed by atoms with Gasteiger partial charge in [0.25, 0.3) is 0 Å². The predicted molar refractivity (Wildman–Crippen MR) is 527 cm³/mol. The zero-order chi connectivity index (χ0) is 89.0. The second kappa shape index (κ2) is 36.8. The van der Waals surface area contributed by atoms with Gasteiger partial charge in [0, 0.05) is 0 Å². The molecule has 22 nitrogen and oxygen atoms in total. The minimum atomic E-state index is -7.78. The molecule has 1 aliphatic heterocycles. The summed E-state index contributed by atoms with van der Waals surface area (Å²) in [4.78, 5) is 38.0. The average molecular weight is 1850 g/mol. The van der Waals surface area contributed by atoms with Crippen LogP contribution in [0.15, 0.2) is 441 Å². The van der Waals surface area contributed by atoms with Crippen molar-refractivity contribution in [2.75, 3.05) is 0 Å². The SMILES string of the molecule is Oc1ccc(OP2(Oc3ccc(O)cc3)=NPNP(Oc3cccc4ccccc34)N(Oc3cccc4ccccc34)P(Oc3cccc4ccccc34)N(Oc3cccc4ccccc34)P(Oc3cccc4ccccc34)N(Oc3cccc4ccccc34)P(Oc3ccc(O)cc3)(Oc3ccc(O)cc3)(Oc3cccc4ccccc34)N2Oc2cccc3ccccc23)cc1. The van der Waals surface area contributed by atoms with Crippen molar-refractivity contribution in [3.05, 3.63) is 437 Å². The Morgan fingerprint density at radius 3 is 0.871 bits per heavy atom. The Bertz CT molecular complexity index is 7580. The molecular formula is C104H78N6O16P6. The molecule has 5 N–H and O–H groups in total. The fourth-order valence-corrected chi connectivity index (χ4v) is 31.9. The van der Waals surface area contributed by atoms with Crippen molar-refractivity contribution in [2.24, 2.45) is 4.52 Å². The van der Waals surface area contributed by atoms with Crippen LogP contribution in [0.2, 0.25) is 0 Å². The Morgan fingerprint density at radius 2 is 0.515 bits per heavy atom. The number of fused-ring (bicyclic) bond motifs is 8. The van der Waals surface area contributed by atoms with Crippen molar-refractivity contribution in [1.82, 2.24) is 23.3 Å². The van der Waals surface area contributed by atoms with E-state index in [1.807, 2.05) is 322 Å². The molecule has 0 aromatic heterocycles. The quantitative estimate of drug-likeness (QED) is 0.0354. The molecule has 1 aliphatic rings. The summed E-state index contributed by atoms with van der Waals surface area (Å²) in [7, 11) is -24.6. The van der Waals surface area contributed by atoms with Gasteiger partial charge in [0.05, 0.1) is 0 Å². The molecule has 21 rings (SSSR count). The van der Waals surface area contributed by atoms with Crippen LogP contribution < -0.4 is 60.4 Å². The average Bonchev–Trinajstić information content (AvgIpc) is 0.674. The van der Waals surface area contributed by atoms with Crippen LogP contribution in [0.1, 0.15) is 0 Å². The first-order valence-electron chi connectivity index (χ1n) is 41.9. The van der Waals surface area contributed by atoms with Crippen LogP contribution in [0, 0.1) is 0 Å². The third-order valence-corrected chi connectivity index (χ3v) is 36.3. The van der Waals surface area contributed by atoms with E-state index >= 15 is 0 Å². The Morgan fingerprint density at radius 1 is 0.250 bits per heavy atom. The molecule has 28 heteroatoms. The van der Waals surface area contributed by atoms with Crippen molar-refractivity contribution in [3.63, 3.8) is 0 Å². The molecule has 0 saturated carbocycles. The predicted octanol–water partition coefficient (Wildman–Crippen LogP) is 29.7. The van der Waals surface area contributed by atoms with E-state index in [2.05, 4.69) is 4.86 Å². The van der Waals surface area contributed by atoms with Crippen LogP contribution in [0.5, 0.6) is 92.0 Å². The molecule has 650 valence electrons. The van der Waals surface area contributed by atoms with Gasteiger partial charge in [-0.1, -0.05) is 0 Å². The number of phenolic OH excluding ortho intramolecular Hbond substituents is 4. The normalized spacial score (nSPS) is 16.5. The van der Waals surface area contributed by atoms with E-state index < -0.39 is 49.5 Å². The third-order valence-electron chi connectivity index (χ3n) is 21.7. The Kier molecular flexibility index (Phi) is 23.5. The maximum absolute atomic E-state index is 12.0. The van der Waals surface area contributed by atoms with Gasteiger partial charge in [-0.25, -0.2) is 0 Å². The summed E-state index contributed by atoms with van der Waals surface area (Å²) < 4.78 is 80.4. The fraction of sp³-hybridized carbons (Fsp3) is 0.